The molecular weight excluding hydrogens is 476 g/mol. The van der Waals surface area contributed by atoms with Crippen molar-refractivity contribution in [3.8, 4) is 11.5 Å². The summed E-state index contributed by atoms with van der Waals surface area (Å²) in [6.45, 7) is -0.476. The Morgan fingerprint density at radius 1 is 1.24 bits per heavy atom. The molecule has 0 N–H and O–H groups in total. The van der Waals surface area contributed by atoms with Gasteiger partial charge in [-0.25, -0.2) is 0 Å². The molecule has 1 saturated heterocycles. The van der Waals surface area contributed by atoms with Gasteiger partial charge in [-0.05, 0) is 41.1 Å². The van der Waals surface area contributed by atoms with Crippen molar-refractivity contribution >= 4 is 52.2 Å². The van der Waals surface area contributed by atoms with Gasteiger partial charge in [0.1, 0.15) is 13.2 Å². The average Bonchev–Trinajstić information content (AvgIpc) is 3.05. The number of non-ortho nitro benzene ring substituents is 1. The van der Waals surface area contributed by atoms with Crippen LogP contribution in [0.4, 0.5) is 10.5 Å². The molecule has 1 fully saturated rings. The fraction of sp³-hybridized carbons (Fsp3) is 0.190. The van der Waals surface area contributed by atoms with Crippen LogP contribution in [0.2, 0.25) is 5.02 Å². The number of esters is 1. The second kappa shape index (κ2) is 10.4. The predicted molar refractivity (Wildman–Crippen MR) is 120 cm³/mol. The van der Waals surface area contributed by atoms with E-state index in [1.807, 2.05) is 0 Å². The zero-order valence-electron chi connectivity index (χ0n) is 17.4. The molecule has 2 aromatic rings. The molecular formula is C21H17ClN2O8S. The van der Waals surface area contributed by atoms with Crippen LogP contribution >= 0.6 is 23.4 Å². The lowest BCUT2D eigenvalue weighted by Crippen LogP contribution is -2.34. The maximum absolute atomic E-state index is 12.5. The normalized spacial score (nSPS) is 14.5. The quantitative estimate of drug-likeness (QED) is 0.232. The highest BCUT2D eigenvalue weighted by Crippen LogP contribution is 2.39. The maximum atomic E-state index is 12.5. The molecule has 1 aliphatic rings. The lowest BCUT2D eigenvalue weighted by molar-refractivity contribution is -0.384. The van der Waals surface area contributed by atoms with Gasteiger partial charge < -0.3 is 14.2 Å². The highest BCUT2D eigenvalue weighted by molar-refractivity contribution is 8.18. The van der Waals surface area contributed by atoms with Gasteiger partial charge in [0.05, 0.1) is 29.1 Å². The fourth-order valence-corrected chi connectivity index (χ4v) is 3.97. The maximum Gasteiger partial charge on any atom is 0.325 e. The van der Waals surface area contributed by atoms with Crippen LogP contribution in [0.3, 0.4) is 0 Å². The zero-order valence-corrected chi connectivity index (χ0v) is 19.0. The van der Waals surface area contributed by atoms with E-state index in [1.54, 1.807) is 18.2 Å². The molecule has 12 heteroatoms. The van der Waals surface area contributed by atoms with Gasteiger partial charge in [-0.3, -0.25) is 29.4 Å². The number of imide groups is 1. The Kier molecular flexibility index (Phi) is 7.56. The number of hydrogen-bond acceptors (Lipinski definition) is 9. The molecule has 0 bridgehead atoms. The number of carbonyl (C=O) groups is 3. The van der Waals surface area contributed by atoms with Crippen molar-refractivity contribution in [3.63, 3.8) is 0 Å². The average molecular weight is 493 g/mol. The van der Waals surface area contributed by atoms with Crippen LogP contribution in [0.25, 0.3) is 6.08 Å². The van der Waals surface area contributed by atoms with Crippen LogP contribution in [0.1, 0.15) is 11.1 Å². The van der Waals surface area contributed by atoms with Gasteiger partial charge in [0.15, 0.2) is 11.5 Å². The van der Waals surface area contributed by atoms with Crippen molar-refractivity contribution in [2.75, 3.05) is 20.8 Å². The first-order valence-corrected chi connectivity index (χ1v) is 10.5. The molecule has 0 unspecified atom stereocenters. The molecule has 0 saturated carbocycles. The number of nitro groups is 1. The molecule has 0 aromatic heterocycles. The minimum Gasteiger partial charge on any atom is -0.493 e. The van der Waals surface area contributed by atoms with E-state index in [0.29, 0.717) is 22.9 Å². The second-order valence-electron chi connectivity index (χ2n) is 6.59. The summed E-state index contributed by atoms with van der Waals surface area (Å²) < 4.78 is 15.6. The summed E-state index contributed by atoms with van der Waals surface area (Å²) in [5.41, 5.74) is 0.958. The van der Waals surface area contributed by atoms with Gasteiger partial charge in [-0.2, -0.15) is 0 Å². The van der Waals surface area contributed by atoms with Crippen LogP contribution in [0.5, 0.6) is 11.5 Å². The number of thioether (sulfide) groups is 1. The number of benzene rings is 2. The lowest BCUT2D eigenvalue weighted by Gasteiger charge is -2.13. The minimum atomic E-state index is -0.714. The van der Waals surface area contributed by atoms with Crippen molar-refractivity contribution in [2.24, 2.45) is 0 Å². The van der Waals surface area contributed by atoms with Crippen molar-refractivity contribution < 1.29 is 33.5 Å². The van der Waals surface area contributed by atoms with Gasteiger partial charge >= 0.3 is 5.97 Å². The Morgan fingerprint density at radius 3 is 2.67 bits per heavy atom. The first-order valence-electron chi connectivity index (χ1n) is 9.29. The third kappa shape index (κ3) is 5.62. The fourth-order valence-electron chi connectivity index (χ4n) is 2.86. The molecule has 2 aromatic carbocycles. The molecule has 1 aliphatic heterocycles. The molecule has 3 rings (SSSR count). The van der Waals surface area contributed by atoms with E-state index in [9.17, 15) is 24.5 Å². The van der Waals surface area contributed by atoms with E-state index in [1.165, 1.54) is 31.4 Å². The lowest BCUT2D eigenvalue weighted by atomic mass is 10.1. The van der Waals surface area contributed by atoms with E-state index >= 15 is 0 Å². The number of rotatable bonds is 8. The van der Waals surface area contributed by atoms with Crippen molar-refractivity contribution in [3.05, 3.63) is 67.6 Å². The number of nitro benzene ring substituents is 1. The summed E-state index contributed by atoms with van der Waals surface area (Å²) in [5, 5.41) is 10.5. The summed E-state index contributed by atoms with van der Waals surface area (Å²) in [7, 11) is 2.56. The zero-order chi connectivity index (χ0) is 24.1. The highest BCUT2D eigenvalue weighted by Gasteiger charge is 2.36. The van der Waals surface area contributed by atoms with Crippen LogP contribution in [-0.2, 0) is 20.9 Å². The van der Waals surface area contributed by atoms with Crippen molar-refractivity contribution in [1.82, 2.24) is 4.90 Å². The van der Waals surface area contributed by atoms with E-state index in [2.05, 4.69) is 4.74 Å². The molecule has 0 atom stereocenters. The SMILES string of the molecule is COC(=O)CN1C(=O)S/C(=C/c2cc(Cl)c(OCc3cccc([N+](=O)[O-])c3)c(OC)c2)C1=O. The third-order valence-electron chi connectivity index (χ3n) is 4.44. The summed E-state index contributed by atoms with van der Waals surface area (Å²) in [5.74, 6) is -0.875. The van der Waals surface area contributed by atoms with Crippen LogP contribution in [0.15, 0.2) is 41.3 Å². The summed E-state index contributed by atoms with van der Waals surface area (Å²) in [6.07, 6.45) is 1.45. The van der Waals surface area contributed by atoms with E-state index in [4.69, 9.17) is 21.1 Å². The summed E-state index contributed by atoms with van der Waals surface area (Å²) in [4.78, 5) is 47.3. The first kappa shape index (κ1) is 24.1. The number of carbonyl (C=O) groups excluding carboxylic acids is 3. The Bertz CT molecular complexity index is 1170. The Balaban J connectivity index is 1.81. The number of methoxy groups -OCH3 is 2. The molecule has 172 valence electrons. The molecule has 0 radical (unpaired) electrons. The van der Waals surface area contributed by atoms with Gasteiger partial charge in [0, 0.05) is 12.1 Å². The monoisotopic (exact) mass is 492 g/mol. The predicted octanol–water partition coefficient (Wildman–Crippen LogP) is 4.05. The number of nitrogens with zero attached hydrogens (tertiary/aromatic N) is 2. The molecule has 0 aliphatic carbocycles. The number of halogens is 1. The van der Waals surface area contributed by atoms with Crippen LogP contribution in [-0.4, -0.2) is 47.7 Å². The smallest absolute Gasteiger partial charge is 0.325 e. The molecule has 0 spiro atoms. The summed E-state index contributed by atoms with van der Waals surface area (Å²) in [6, 6.07) is 9.06. The molecule has 1 heterocycles. The molecule has 2 amide bonds. The highest BCUT2D eigenvalue weighted by atomic mass is 35.5. The van der Waals surface area contributed by atoms with Gasteiger partial charge in [0.25, 0.3) is 16.8 Å². The van der Waals surface area contributed by atoms with Crippen LogP contribution < -0.4 is 9.47 Å². The minimum absolute atomic E-state index is 0.00350. The van der Waals surface area contributed by atoms with E-state index < -0.39 is 28.6 Å². The molecule has 33 heavy (non-hydrogen) atoms. The van der Waals surface area contributed by atoms with Gasteiger partial charge in [-0.1, -0.05) is 23.7 Å². The largest absolute Gasteiger partial charge is 0.493 e. The standard InChI is InChI=1S/C21H17ClN2O8S/c1-30-16-8-13(9-17-20(26)23(21(27)33-17)10-18(25)31-2)7-15(22)19(16)32-11-12-4-3-5-14(6-12)24(28)29/h3-9H,10-11H2,1-2H3/b17-9+. The van der Waals surface area contributed by atoms with E-state index in [-0.39, 0.29) is 33.7 Å². The third-order valence-corrected chi connectivity index (χ3v) is 5.63. The number of ether oxygens (including phenoxy) is 3. The van der Waals surface area contributed by atoms with Crippen LogP contribution in [0, 0.1) is 10.1 Å². The van der Waals surface area contributed by atoms with E-state index in [0.717, 1.165) is 12.0 Å². The Hall–Kier alpha value is -3.57. The topological polar surface area (TPSA) is 125 Å². The van der Waals surface area contributed by atoms with Crippen molar-refractivity contribution in [1.29, 1.82) is 0 Å². The molecule has 10 nitrogen and oxygen atoms in total. The number of hydrogen-bond donors (Lipinski definition) is 0. The summed E-state index contributed by atoms with van der Waals surface area (Å²) >= 11 is 7.04. The van der Waals surface area contributed by atoms with Gasteiger partial charge in [-0.15, -0.1) is 0 Å². The Labute approximate surface area is 197 Å². The van der Waals surface area contributed by atoms with Crippen molar-refractivity contribution in [2.45, 2.75) is 6.61 Å². The second-order valence-corrected chi connectivity index (χ2v) is 7.99. The van der Waals surface area contributed by atoms with Gasteiger partial charge in [0.2, 0.25) is 0 Å². The number of amides is 2. The Morgan fingerprint density at radius 2 is 2.00 bits per heavy atom. The first-order chi connectivity index (χ1) is 15.7.